The van der Waals surface area contributed by atoms with Crippen LogP contribution in [0.2, 0.25) is 0 Å². The van der Waals surface area contributed by atoms with Gasteiger partial charge < -0.3 is 24.2 Å². The summed E-state index contributed by atoms with van der Waals surface area (Å²) in [6.45, 7) is 4.36. The van der Waals surface area contributed by atoms with E-state index in [1.54, 1.807) is 6.08 Å². The van der Waals surface area contributed by atoms with Crippen molar-refractivity contribution in [2.24, 2.45) is 0 Å². The smallest absolute Gasteiger partial charge is 0.462 e. The summed E-state index contributed by atoms with van der Waals surface area (Å²) in [6, 6.07) is 0. The average Bonchev–Trinajstić information content (AvgIpc) is 3.41. The Kier molecular flexibility index (Phi) is 54.4. The maximum Gasteiger partial charge on any atom is 0.472 e. The molecule has 434 valence electrons. The van der Waals surface area contributed by atoms with Crippen LogP contribution in [-0.4, -0.2) is 66.5 Å². The van der Waals surface area contributed by atoms with Crippen LogP contribution in [0, 0.1) is 0 Å². The molecule has 11 nitrogen and oxygen atoms in total. The van der Waals surface area contributed by atoms with Crippen molar-refractivity contribution in [2.45, 2.75) is 251 Å². The number of ether oxygens (including phenoxy) is 3. The van der Waals surface area contributed by atoms with Gasteiger partial charge in [0.25, 0.3) is 0 Å². The van der Waals surface area contributed by atoms with Gasteiger partial charge in [-0.05, 0) is 109 Å². The molecule has 0 aromatic carbocycles. The van der Waals surface area contributed by atoms with E-state index in [1.807, 2.05) is 18.2 Å². The Balaban J connectivity index is 4.85. The summed E-state index contributed by atoms with van der Waals surface area (Å²) < 4.78 is 39.4. The predicted octanol–water partition coefficient (Wildman–Crippen LogP) is 17.8. The van der Waals surface area contributed by atoms with Crippen molar-refractivity contribution < 1.29 is 52.2 Å². The lowest BCUT2D eigenvalue weighted by atomic mass is 10.1. The van der Waals surface area contributed by atoms with Gasteiger partial charge in [0.15, 0.2) is 6.10 Å². The summed E-state index contributed by atoms with van der Waals surface area (Å²) >= 11 is 0. The Bertz CT molecular complexity index is 1690. The molecule has 0 saturated carbocycles. The molecule has 0 bridgehead atoms. The highest BCUT2D eigenvalue weighted by Gasteiger charge is 2.28. The van der Waals surface area contributed by atoms with Crippen LogP contribution in [0.4, 0.5) is 0 Å². The number of hydrogen-bond donors (Lipinski definition) is 2. The van der Waals surface area contributed by atoms with E-state index in [9.17, 15) is 28.9 Å². The molecule has 2 N–H and O–H groups in total. The number of rotatable bonds is 54. The molecular formula is C64H107O11P. The van der Waals surface area contributed by atoms with E-state index in [1.165, 1.54) is 64.2 Å². The highest BCUT2D eigenvalue weighted by molar-refractivity contribution is 7.47. The predicted molar refractivity (Wildman–Crippen MR) is 316 cm³/mol. The molecule has 0 spiro atoms. The number of allylic oxidation sites excluding steroid dienone is 17. The van der Waals surface area contributed by atoms with E-state index < -0.39 is 57.8 Å². The minimum atomic E-state index is -4.79. The zero-order chi connectivity index (χ0) is 55.5. The van der Waals surface area contributed by atoms with Gasteiger partial charge in [0.1, 0.15) is 12.7 Å². The van der Waals surface area contributed by atoms with E-state index in [2.05, 4.69) is 106 Å². The minimum Gasteiger partial charge on any atom is -0.462 e. The number of carbonyl (C=O) groups is 3. The molecular weight excluding hydrogens is 976 g/mol. The van der Waals surface area contributed by atoms with Crippen molar-refractivity contribution in [2.75, 3.05) is 26.4 Å². The number of carbonyl (C=O) groups excluding carboxylic acids is 3. The van der Waals surface area contributed by atoms with Gasteiger partial charge in [0, 0.05) is 12.8 Å². The zero-order valence-electron chi connectivity index (χ0n) is 47.9. The first-order valence-corrected chi connectivity index (χ1v) is 31.3. The second-order valence-corrected chi connectivity index (χ2v) is 20.9. The van der Waals surface area contributed by atoms with Gasteiger partial charge >= 0.3 is 25.7 Å². The number of aliphatic hydroxyl groups is 1. The fourth-order valence-corrected chi connectivity index (χ4v) is 8.45. The standard InChI is InChI=1S/C64H107O11P/c1-4-7-10-13-16-19-22-25-28-29-30-31-34-37-40-43-46-49-52-55-64(68)75-61(57-71-62(66)53-50-47-44-41-38-35-32-26-23-20-17-14-11-8-5-2)59-73-76(69,70)72-58-60(56-65)74-63(67)54-51-48-45-42-39-36-33-27-24-21-18-15-12-9-6-3/h9,12,16,18-19,21,25-28,30-33,39,42,48,51,60-61,65H,4-8,10-11,13-15,17,20,22-24,29,34-38,40-41,43-47,49-50,52-59H2,1-3H3,(H,69,70)/b12-9-,19-16-,21-18-,28-25-,31-30-,32-26-,33-27-,42-39-,51-48-. The normalized spacial score (nSPS) is 14.1. The van der Waals surface area contributed by atoms with Gasteiger partial charge in [0.2, 0.25) is 0 Å². The van der Waals surface area contributed by atoms with Crippen LogP contribution in [0.3, 0.4) is 0 Å². The molecule has 0 fully saturated rings. The summed E-state index contributed by atoms with van der Waals surface area (Å²) in [7, 11) is -4.79. The lowest BCUT2D eigenvalue weighted by Crippen LogP contribution is -2.30. The molecule has 0 saturated heterocycles. The summed E-state index contributed by atoms with van der Waals surface area (Å²) in [5.41, 5.74) is 0. The van der Waals surface area contributed by atoms with Gasteiger partial charge in [-0.3, -0.25) is 23.4 Å². The SMILES string of the molecule is CC/C=C\C/C=C\C/C=C\C/C=C\C/C=C\CC(=O)OC(CO)COP(=O)(O)OCC(COC(=O)CCCCCCC/C=C\CCCCCCCC)OC(=O)CCCCCCCC/C=C\C/C=C\C/C=C\CCCCC. The third-order valence-corrected chi connectivity index (χ3v) is 13.1. The van der Waals surface area contributed by atoms with Crippen molar-refractivity contribution >= 4 is 25.7 Å². The van der Waals surface area contributed by atoms with Gasteiger partial charge in [-0.25, -0.2) is 4.57 Å². The van der Waals surface area contributed by atoms with Crippen molar-refractivity contribution in [1.82, 2.24) is 0 Å². The highest BCUT2D eigenvalue weighted by atomic mass is 31.2. The monoisotopic (exact) mass is 1080 g/mol. The Morgan fingerprint density at radius 3 is 1.20 bits per heavy atom. The number of phosphoric ester groups is 1. The van der Waals surface area contributed by atoms with E-state index in [-0.39, 0.29) is 25.9 Å². The summed E-state index contributed by atoms with van der Waals surface area (Å²) in [5.74, 6) is -1.63. The zero-order valence-corrected chi connectivity index (χ0v) is 48.8. The van der Waals surface area contributed by atoms with Crippen LogP contribution in [0.1, 0.15) is 239 Å². The molecule has 0 aliphatic heterocycles. The molecule has 0 rings (SSSR count). The van der Waals surface area contributed by atoms with Crippen LogP contribution in [0.5, 0.6) is 0 Å². The maximum atomic E-state index is 12.9. The molecule has 0 aliphatic rings. The Morgan fingerprint density at radius 1 is 0.395 bits per heavy atom. The Hall–Kier alpha value is -3.86. The molecule has 76 heavy (non-hydrogen) atoms. The highest BCUT2D eigenvalue weighted by Crippen LogP contribution is 2.43. The summed E-state index contributed by atoms with van der Waals surface area (Å²) in [4.78, 5) is 48.5. The van der Waals surface area contributed by atoms with Crippen LogP contribution in [-0.2, 0) is 42.2 Å². The number of unbranched alkanes of at least 4 members (excludes halogenated alkanes) is 20. The number of esters is 3. The van der Waals surface area contributed by atoms with Crippen LogP contribution in [0.15, 0.2) is 109 Å². The number of hydrogen-bond acceptors (Lipinski definition) is 10. The fraction of sp³-hybridized carbons (Fsp3) is 0.672. The molecule has 0 aliphatic carbocycles. The summed E-state index contributed by atoms with van der Waals surface area (Å²) in [5, 5.41) is 9.80. The topological polar surface area (TPSA) is 155 Å². The fourth-order valence-electron chi connectivity index (χ4n) is 7.67. The summed E-state index contributed by atoms with van der Waals surface area (Å²) in [6.07, 6.45) is 69.3. The van der Waals surface area contributed by atoms with E-state index in [0.29, 0.717) is 19.3 Å². The second kappa shape index (κ2) is 57.3. The van der Waals surface area contributed by atoms with Gasteiger partial charge in [-0.2, -0.15) is 0 Å². The second-order valence-electron chi connectivity index (χ2n) is 19.4. The van der Waals surface area contributed by atoms with E-state index >= 15 is 0 Å². The lowest BCUT2D eigenvalue weighted by Gasteiger charge is -2.21. The Labute approximate surface area is 463 Å². The third-order valence-electron chi connectivity index (χ3n) is 12.2. The number of phosphoric acid groups is 1. The Morgan fingerprint density at radius 2 is 0.737 bits per heavy atom. The van der Waals surface area contributed by atoms with Crippen molar-refractivity contribution in [3.63, 3.8) is 0 Å². The number of aliphatic hydroxyl groups excluding tert-OH is 1. The molecule has 0 aromatic heterocycles. The van der Waals surface area contributed by atoms with Gasteiger partial charge in [-0.15, -0.1) is 0 Å². The maximum absolute atomic E-state index is 12.9. The van der Waals surface area contributed by atoms with Crippen LogP contribution in [0.25, 0.3) is 0 Å². The molecule has 12 heteroatoms. The van der Waals surface area contributed by atoms with Gasteiger partial charge in [-0.1, -0.05) is 220 Å². The van der Waals surface area contributed by atoms with Crippen molar-refractivity contribution in [3.8, 4) is 0 Å². The first-order valence-electron chi connectivity index (χ1n) is 29.8. The van der Waals surface area contributed by atoms with E-state index in [0.717, 1.165) is 116 Å². The van der Waals surface area contributed by atoms with Crippen LogP contribution >= 0.6 is 7.82 Å². The van der Waals surface area contributed by atoms with E-state index in [4.69, 9.17) is 23.3 Å². The molecule has 0 amide bonds. The first-order chi connectivity index (χ1) is 37.2. The molecule has 3 atom stereocenters. The van der Waals surface area contributed by atoms with Gasteiger partial charge in [0.05, 0.1) is 26.2 Å². The molecule has 3 unspecified atom stereocenters. The third kappa shape index (κ3) is 54.9. The largest absolute Gasteiger partial charge is 0.472 e. The lowest BCUT2D eigenvalue weighted by molar-refractivity contribution is -0.161. The minimum absolute atomic E-state index is 0.0608. The average molecular weight is 1080 g/mol. The quantitative estimate of drug-likeness (QED) is 0.0197. The molecule has 0 aromatic rings. The first kappa shape index (κ1) is 72.1. The molecule has 0 radical (unpaired) electrons. The molecule has 0 heterocycles. The van der Waals surface area contributed by atoms with Crippen LogP contribution < -0.4 is 0 Å². The van der Waals surface area contributed by atoms with Crippen molar-refractivity contribution in [1.29, 1.82) is 0 Å². The van der Waals surface area contributed by atoms with Crippen molar-refractivity contribution in [3.05, 3.63) is 109 Å².